The van der Waals surface area contributed by atoms with Gasteiger partial charge in [0.05, 0.1) is 0 Å². The van der Waals surface area contributed by atoms with Gasteiger partial charge in [-0.25, -0.2) is 0 Å². The molecule has 0 aliphatic carbocycles. The summed E-state index contributed by atoms with van der Waals surface area (Å²) in [7, 11) is 0. The Labute approximate surface area is 198 Å². The van der Waals surface area contributed by atoms with Crippen LogP contribution in [-0.2, 0) is 6.42 Å². The van der Waals surface area contributed by atoms with Crippen molar-refractivity contribution in [2.45, 2.75) is 84.8 Å². The first-order valence-corrected chi connectivity index (χ1v) is 12.0. The first-order valence-electron chi connectivity index (χ1n) is 11.6. The summed E-state index contributed by atoms with van der Waals surface area (Å²) in [6.07, 6.45) is 4.53. The summed E-state index contributed by atoms with van der Waals surface area (Å²) in [5, 5.41) is 3.53. The van der Waals surface area contributed by atoms with Gasteiger partial charge in [-0.1, -0.05) is 37.6 Å². The van der Waals surface area contributed by atoms with Crippen LogP contribution in [0.15, 0.2) is 42.5 Å². The van der Waals surface area contributed by atoms with E-state index in [-0.39, 0.29) is 17.1 Å². The van der Waals surface area contributed by atoms with Crippen molar-refractivity contribution in [3.8, 4) is 11.5 Å². The third kappa shape index (κ3) is 8.38. The van der Waals surface area contributed by atoms with Gasteiger partial charge in [0.1, 0.15) is 22.7 Å². The lowest BCUT2D eigenvalue weighted by atomic mass is 10.0. The molecule has 0 saturated carbocycles. The smallest absolute Gasteiger partial charge is 0.251 e. The van der Waals surface area contributed by atoms with Crippen molar-refractivity contribution in [3.63, 3.8) is 0 Å². The number of ether oxygens (including phenoxy) is 2. The summed E-state index contributed by atoms with van der Waals surface area (Å²) in [4.78, 5) is 12.2. The zero-order chi connectivity index (χ0) is 23.8. The van der Waals surface area contributed by atoms with Crippen LogP contribution < -0.4 is 14.8 Å². The van der Waals surface area contributed by atoms with E-state index in [4.69, 9.17) is 21.1 Å². The van der Waals surface area contributed by atoms with Gasteiger partial charge < -0.3 is 14.8 Å². The van der Waals surface area contributed by atoms with Crippen molar-refractivity contribution in [2.75, 3.05) is 6.54 Å². The second kappa shape index (κ2) is 11.6. The van der Waals surface area contributed by atoms with Gasteiger partial charge >= 0.3 is 0 Å². The van der Waals surface area contributed by atoms with E-state index in [2.05, 4.69) is 52.9 Å². The number of amides is 1. The van der Waals surface area contributed by atoms with Gasteiger partial charge in [-0.15, -0.1) is 0 Å². The van der Waals surface area contributed by atoms with E-state index < -0.39 is 0 Å². The number of carbonyl (C=O) groups is 1. The molecule has 176 valence electrons. The monoisotopic (exact) mass is 459 g/mol. The number of halogens is 1. The van der Waals surface area contributed by atoms with Crippen molar-refractivity contribution < 1.29 is 14.3 Å². The normalized spacial score (nSPS) is 11.8. The highest BCUT2D eigenvalue weighted by molar-refractivity contribution is 6.30. The third-order valence-electron chi connectivity index (χ3n) is 5.77. The Bertz CT molecular complexity index is 892. The number of aryl methyl sites for hydroxylation is 1. The Morgan fingerprint density at radius 3 is 2.28 bits per heavy atom. The van der Waals surface area contributed by atoms with Crippen LogP contribution in [0.25, 0.3) is 0 Å². The van der Waals surface area contributed by atoms with E-state index in [1.165, 1.54) is 0 Å². The lowest BCUT2D eigenvalue weighted by molar-refractivity contribution is 0.0942. The van der Waals surface area contributed by atoms with Crippen LogP contribution >= 0.6 is 11.6 Å². The molecule has 2 aromatic rings. The molecule has 0 bridgehead atoms. The number of hydrogen-bond donors (Lipinski definition) is 1. The molecule has 0 heterocycles. The molecule has 1 amide bonds. The first-order chi connectivity index (χ1) is 15.0. The molecule has 0 unspecified atom stereocenters. The molecule has 2 aromatic carbocycles. The minimum Gasteiger partial charge on any atom is -0.488 e. The molecule has 0 saturated heterocycles. The standard InChI is InChI=1S/C27H38ClNO3/c1-7-26(3,4)31-23-16-15-20(24(19-23)32-27(5,6)8-2)12-9-10-17-29-25(30)21-13-11-14-22(28)18-21/h11,13-16,18-19H,7-10,12,17H2,1-6H3,(H,29,30). The van der Waals surface area contributed by atoms with Crippen LogP contribution in [0.4, 0.5) is 0 Å². The van der Waals surface area contributed by atoms with Gasteiger partial charge in [0.15, 0.2) is 0 Å². The van der Waals surface area contributed by atoms with E-state index in [9.17, 15) is 4.79 Å². The maximum absolute atomic E-state index is 12.2. The molecule has 0 aliphatic heterocycles. The Kier molecular flexibility index (Phi) is 9.45. The number of unbranched alkanes of at least 4 members (excludes halogenated alkanes) is 1. The third-order valence-corrected chi connectivity index (χ3v) is 6.00. The Hall–Kier alpha value is -2.20. The molecule has 1 N–H and O–H groups in total. The SMILES string of the molecule is CCC(C)(C)Oc1ccc(CCCCNC(=O)c2cccc(Cl)c2)c(OC(C)(C)CC)c1. The Morgan fingerprint density at radius 1 is 0.938 bits per heavy atom. The van der Waals surface area contributed by atoms with Crippen LogP contribution in [-0.4, -0.2) is 23.7 Å². The van der Waals surface area contributed by atoms with Crippen LogP contribution in [0.3, 0.4) is 0 Å². The molecule has 5 heteroatoms. The number of hydrogen-bond acceptors (Lipinski definition) is 3. The number of carbonyl (C=O) groups excluding carboxylic acids is 1. The van der Waals surface area contributed by atoms with E-state index >= 15 is 0 Å². The minimum atomic E-state index is -0.251. The Balaban J connectivity index is 1.97. The van der Waals surface area contributed by atoms with E-state index in [0.717, 1.165) is 49.2 Å². The molecule has 4 nitrogen and oxygen atoms in total. The lowest BCUT2D eigenvalue weighted by Crippen LogP contribution is -2.28. The average Bonchev–Trinajstić information content (AvgIpc) is 2.74. The Morgan fingerprint density at radius 2 is 1.62 bits per heavy atom. The molecule has 0 aromatic heterocycles. The fourth-order valence-electron chi connectivity index (χ4n) is 3.04. The second-order valence-corrected chi connectivity index (χ2v) is 9.86. The van der Waals surface area contributed by atoms with Gasteiger partial charge in [-0.3, -0.25) is 4.79 Å². The fraction of sp³-hybridized carbons (Fsp3) is 0.519. The summed E-state index contributed by atoms with van der Waals surface area (Å²) in [5.41, 5.74) is 1.27. The largest absolute Gasteiger partial charge is 0.488 e. The van der Waals surface area contributed by atoms with Crippen LogP contribution in [0.1, 0.15) is 83.1 Å². The summed E-state index contributed by atoms with van der Waals surface area (Å²) in [6, 6.07) is 13.1. The predicted molar refractivity (Wildman–Crippen MR) is 133 cm³/mol. The van der Waals surface area contributed by atoms with E-state index in [1.807, 2.05) is 12.1 Å². The highest BCUT2D eigenvalue weighted by Crippen LogP contribution is 2.32. The maximum atomic E-state index is 12.2. The number of benzene rings is 2. The van der Waals surface area contributed by atoms with Crippen molar-refractivity contribution in [2.24, 2.45) is 0 Å². The van der Waals surface area contributed by atoms with Crippen LogP contribution in [0.2, 0.25) is 5.02 Å². The van der Waals surface area contributed by atoms with Gasteiger partial charge in [0.25, 0.3) is 5.91 Å². The first kappa shape index (κ1) is 26.1. The zero-order valence-electron chi connectivity index (χ0n) is 20.4. The molecule has 0 spiro atoms. The molecular formula is C27H38ClNO3. The molecular weight excluding hydrogens is 422 g/mol. The van der Waals surface area contributed by atoms with Gasteiger partial charge in [-0.2, -0.15) is 0 Å². The molecule has 0 radical (unpaired) electrons. The molecule has 2 rings (SSSR count). The van der Waals surface area contributed by atoms with E-state index in [1.54, 1.807) is 24.3 Å². The van der Waals surface area contributed by atoms with Crippen LogP contribution in [0.5, 0.6) is 11.5 Å². The van der Waals surface area contributed by atoms with Crippen LogP contribution in [0, 0.1) is 0 Å². The van der Waals surface area contributed by atoms with Crippen molar-refractivity contribution >= 4 is 17.5 Å². The average molecular weight is 460 g/mol. The molecule has 0 fully saturated rings. The summed E-state index contributed by atoms with van der Waals surface area (Å²) < 4.78 is 12.6. The number of rotatable bonds is 12. The second-order valence-electron chi connectivity index (χ2n) is 9.42. The molecule has 0 atom stereocenters. The van der Waals surface area contributed by atoms with E-state index in [0.29, 0.717) is 17.1 Å². The fourth-order valence-corrected chi connectivity index (χ4v) is 3.23. The quantitative estimate of drug-likeness (QED) is 0.340. The zero-order valence-corrected chi connectivity index (χ0v) is 21.1. The molecule has 32 heavy (non-hydrogen) atoms. The summed E-state index contributed by atoms with van der Waals surface area (Å²) in [6.45, 7) is 13.3. The highest BCUT2D eigenvalue weighted by atomic mass is 35.5. The van der Waals surface area contributed by atoms with Gasteiger partial charge in [0, 0.05) is 23.2 Å². The highest BCUT2D eigenvalue weighted by Gasteiger charge is 2.21. The lowest BCUT2D eigenvalue weighted by Gasteiger charge is -2.29. The van der Waals surface area contributed by atoms with Crippen molar-refractivity contribution in [1.29, 1.82) is 0 Å². The summed E-state index contributed by atoms with van der Waals surface area (Å²) in [5.74, 6) is 1.61. The maximum Gasteiger partial charge on any atom is 0.251 e. The summed E-state index contributed by atoms with van der Waals surface area (Å²) >= 11 is 5.97. The topological polar surface area (TPSA) is 47.6 Å². The predicted octanol–water partition coefficient (Wildman–Crippen LogP) is 7.23. The minimum absolute atomic E-state index is 0.0961. The molecule has 0 aliphatic rings. The van der Waals surface area contributed by atoms with Crippen molar-refractivity contribution in [3.05, 3.63) is 58.6 Å². The van der Waals surface area contributed by atoms with Gasteiger partial charge in [0.2, 0.25) is 0 Å². The number of nitrogens with one attached hydrogen (secondary N) is 1. The van der Waals surface area contributed by atoms with Gasteiger partial charge in [-0.05, 0) is 89.6 Å². The van der Waals surface area contributed by atoms with Crippen molar-refractivity contribution in [1.82, 2.24) is 5.32 Å².